The first-order chi connectivity index (χ1) is 14.8. The Morgan fingerprint density at radius 3 is 2.26 bits per heavy atom. The Labute approximate surface area is 198 Å². The van der Waals surface area contributed by atoms with Crippen molar-refractivity contribution in [3.05, 3.63) is 86.6 Å². The maximum absolute atomic E-state index is 13.2. The summed E-state index contributed by atoms with van der Waals surface area (Å²) in [5.41, 5.74) is 4.19. The molecule has 2 aromatic carbocycles. The Morgan fingerprint density at radius 2 is 1.61 bits per heavy atom. The normalized spacial score (nSPS) is 15.5. The van der Waals surface area contributed by atoms with Crippen LogP contribution >= 0.6 is 39.7 Å². The lowest BCUT2D eigenvalue weighted by Gasteiger charge is -2.29. The number of nitrogens with zero attached hydrogens (tertiary/aromatic N) is 2. The van der Waals surface area contributed by atoms with Crippen molar-refractivity contribution in [2.75, 3.05) is 4.90 Å². The van der Waals surface area contributed by atoms with E-state index >= 15 is 0 Å². The zero-order valence-electron chi connectivity index (χ0n) is 16.6. The van der Waals surface area contributed by atoms with Gasteiger partial charge in [-0.3, -0.25) is 19.8 Å². The monoisotopic (exact) mass is 513 g/mol. The number of aromatic nitrogens is 1. The first-order valence-electron chi connectivity index (χ1n) is 9.38. The number of amides is 2. The van der Waals surface area contributed by atoms with Gasteiger partial charge in [0, 0.05) is 26.6 Å². The second-order valence-electron chi connectivity index (χ2n) is 7.07. The second kappa shape index (κ2) is 8.42. The summed E-state index contributed by atoms with van der Waals surface area (Å²) in [5.74, 6) is -0.980. The van der Waals surface area contributed by atoms with Gasteiger partial charge >= 0.3 is 0 Å². The molecular weight excluding hydrogens is 498 g/mol. The molecule has 1 N–H and O–H groups in total. The summed E-state index contributed by atoms with van der Waals surface area (Å²) in [7, 11) is 0. The number of carbonyl (C=O) groups excluding carboxylic acids is 2. The van der Waals surface area contributed by atoms with Crippen molar-refractivity contribution in [3.8, 4) is 5.69 Å². The van der Waals surface area contributed by atoms with E-state index in [1.807, 2.05) is 60.9 Å². The highest BCUT2D eigenvalue weighted by Gasteiger charge is 2.34. The zero-order chi connectivity index (χ0) is 22.3. The minimum absolute atomic E-state index is 0.0212. The molecule has 1 saturated heterocycles. The maximum atomic E-state index is 13.2. The Morgan fingerprint density at radius 1 is 1.00 bits per heavy atom. The van der Waals surface area contributed by atoms with E-state index in [-0.39, 0.29) is 10.7 Å². The molecule has 5 nitrogen and oxygen atoms in total. The average molecular weight is 515 g/mol. The van der Waals surface area contributed by atoms with Crippen molar-refractivity contribution < 1.29 is 9.59 Å². The van der Waals surface area contributed by atoms with Gasteiger partial charge in [0.25, 0.3) is 11.8 Å². The van der Waals surface area contributed by atoms with Crippen LogP contribution in [0.1, 0.15) is 17.0 Å². The summed E-state index contributed by atoms with van der Waals surface area (Å²) in [6.45, 7) is 3.91. The van der Waals surface area contributed by atoms with Crippen LogP contribution in [0, 0.1) is 13.8 Å². The third-order valence-corrected chi connectivity index (χ3v) is 6.11. The van der Waals surface area contributed by atoms with E-state index in [0.29, 0.717) is 10.7 Å². The topological polar surface area (TPSA) is 54.3 Å². The van der Waals surface area contributed by atoms with Crippen LogP contribution in [-0.4, -0.2) is 21.5 Å². The summed E-state index contributed by atoms with van der Waals surface area (Å²) < 4.78 is 2.92. The molecule has 0 spiro atoms. The minimum atomic E-state index is -0.514. The fourth-order valence-electron chi connectivity index (χ4n) is 3.56. The highest BCUT2D eigenvalue weighted by molar-refractivity contribution is 9.10. The van der Waals surface area contributed by atoms with Crippen molar-refractivity contribution in [1.82, 2.24) is 9.88 Å². The number of thiocarbonyl (C=S) groups is 1. The van der Waals surface area contributed by atoms with E-state index < -0.39 is 11.8 Å². The molecule has 2 heterocycles. The summed E-state index contributed by atoms with van der Waals surface area (Å²) in [6, 6.07) is 16.6. The minimum Gasteiger partial charge on any atom is -0.318 e. The van der Waals surface area contributed by atoms with Gasteiger partial charge in [0.05, 0.1) is 5.69 Å². The molecule has 0 unspecified atom stereocenters. The molecule has 1 fully saturated rings. The number of nitrogens with one attached hydrogen (secondary N) is 1. The number of hydrogen-bond acceptors (Lipinski definition) is 3. The summed E-state index contributed by atoms with van der Waals surface area (Å²) in [5, 5.41) is 3.33. The highest BCUT2D eigenvalue weighted by Crippen LogP contribution is 2.27. The summed E-state index contributed by atoms with van der Waals surface area (Å²) in [6.07, 6.45) is 1.61. The first kappa shape index (κ1) is 21.5. The molecule has 0 atom stereocenters. The van der Waals surface area contributed by atoms with Crippen LogP contribution in [0.5, 0.6) is 0 Å². The van der Waals surface area contributed by atoms with Crippen LogP contribution in [0.2, 0.25) is 5.02 Å². The molecule has 4 rings (SSSR count). The first-order valence-corrected chi connectivity index (χ1v) is 11.0. The SMILES string of the molecule is Cc1cc(/C=C2/C(=O)NC(=S)N(c3ccc(Br)cc3)C2=O)c(C)n1-c1ccc(Cl)cc1. The number of hydrogen-bond donors (Lipinski definition) is 1. The Balaban J connectivity index is 1.75. The van der Waals surface area contributed by atoms with Gasteiger partial charge in [0.1, 0.15) is 5.57 Å². The smallest absolute Gasteiger partial charge is 0.270 e. The van der Waals surface area contributed by atoms with Gasteiger partial charge in [-0.15, -0.1) is 0 Å². The van der Waals surface area contributed by atoms with E-state index in [0.717, 1.165) is 27.1 Å². The third-order valence-electron chi connectivity index (χ3n) is 5.04. The van der Waals surface area contributed by atoms with Crippen molar-refractivity contribution in [3.63, 3.8) is 0 Å². The standard InChI is InChI=1S/C23H17BrClN3O2S/c1-13-11-15(14(2)27(13)18-9-5-17(25)6-10-18)12-20-21(29)26-23(31)28(22(20)30)19-7-3-16(24)4-8-19/h3-12H,1-2H3,(H,26,29,31)/b20-12-. The van der Waals surface area contributed by atoms with Gasteiger partial charge in [0.15, 0.2) is 5.11 Å². The molecule has 1 aromatic heterocycles. The van der Waals surface area contributed by atoms with Gasteiger partial charge in [-0.25, -0.2) is 0 Å². The van der Waals surface area contributed by atoms with Crippen LogP contribution in [0.15, 0.2) is 64.6 Å². The van der Waals surface area contributed by atoms with Crippen LogP contribution in [0.25, 0.3) is 11.8 Å². The molecule has 0 saturated carbocycles. The van der Waals surface area contributed by atoms with Crippen LogP contribution in [-0.2, 0) is 9.59 Å². The Bertz CT molecular complexity index is 1250. The second-order valence-corrected chi connectivity index (χ2v) is 8.81. The fourth-order valence-corrected chi connectivity index (χ4v) is 4.23. The average Bonchev–Trinajstić information content (AvgIpc) is 3.00. The van der Waals surface area contributed by atoms with Gasteiger partial charge in [-0.2, -0.15) is 0 Å². The molecule has 3 aromatic rings. The lowest BCUT2D eigenvalue weighted by atomic mass is 10.1. The third kappa shape index (κ3) is 4.08. The van der Waals surface area contributed by atoms with E-state index in [1.165, 1.54) is 4.90 Å². The lowest BCUT2D eigenvalue weighted by Crippen LogP contribution is -2.54. The van der Waals surface area contributed by atoms with E-state index in [4.69, 9.17) is 23.8 Å². The fraction of sp³-hybridized carbons (Fsp3) is 0.0870. The van der Waals surface area contributed by atoms with E-state index in [9.17, 15) is 9.59 Å². The van der Waals surface area contributed by atoms with Crippen molar-refractivity contribution in [1.29, 1.82) is 0 Å². The van der Waals surface area contributed by atoms with Gasteiger partial charge < -0.3 is 4.57 Å². The Kier molecular flexibility index (Phi) is 5.83. The number of rotatable bonds is 3. The number of carbonyl (C=O) groups is 2. The molecule has 0 radical (unpaired) electrons. The molecule has 0 bridgehead atoms. The Hall–Kier alpha value is -2.74. The van der Waals surface area contributed by atoms with Gasteiger partial charge in [-0.05, 0) is 92.3 Å². The van der Waals surface area contributed by atoms with Crippen molar-refractivity contribution in [2.24, 2.45) is 0 Å². The van der Waals surface area contributed by atoms with Crippen LogP contribution in [0.3, 0.4) is 0 Å². The maximum Gasteiger partial charge on any atom is 0.270 e. The molecule has 2 amide bonds. The molecule has 8 heteroatoms. The number of halogens is 2. The van der Waals surface area contributed by atoms with E-state index in [1.54, 1.807) is 18.2 Å². The lowest BCUT2D eigenvalue weighted by molar-refractivity contribution is -0.122. The van der Waals surface area contributed by atoms with Crippen LogP contribution in [0.4, 0.5) is 5.69 Å². The summed E-state index contributed by atoms with van der Waals surface area (Å²) in [4.78, 5) is 27.2. The molecule has 1 aliphatic rings. The van der Waals surface area contributed by atoms with Crippen molar-refractivity contribution >= 4 is 68.4 Å². The number of aryl methyl sites for hydroxylation is 1. The van der Waals surface area contributed by atoms with Gasteiger partial charge in [-0.1, -0.05) is 27.5 Å². The molecular formula is C23H17BrClN3O2S. The van der Waals surface area contributed by atoms with Gasteiger partial charge in [0.2, 0.25) is 0 Å². The summed E-state index contributed by atoms with van der Waals surface area (Å²) >= 11 is 14.6. The molecule has 0 aliphatic carbocycles. The molecule has 1 aliphatic heterocycles. The van der Waals surface area contributed by atoms with E-state index in [2.05, 4.69) is 21.2 Å². The highest BCUT2D eigenvalue weighted by atomic mass is 79.9. The predicted octanol–water partition coefficient (Wildman–Crippen LogP) is 5.34. The largest absolute Gasteiger partial charge is 0.318 e. The zero-order valence-corrected chi connectivity index (χ0v) is 19.8. The predicted molar refractivity (Wildman–Crippen MR) is 131 cm³/mol. The number of anilines is 1. The van der Waals surface area contributed by atoms with Crippen molar-refractivity contribution in [2.45, 2.75) is 13.8 Å². The molecule has 156 valence electrons. The number of benzene rings is 2. The van der Waals surface area contributed by atoms with Crippen LogP contribution < -0.4 is 10.2 Å². The molecule has 31 heavy (non-hydrogen) atoms. The quantitative estimate of drug-likeness (QED) is 0.292.